The lowest BCUT2D eigenvalue weighted by atomic mass is 10.2. The molecule has 0 unspecified atom stereocenters. The van der Waals surface area contributed by atoms with Gasteiger partial charge in [0.1, 0.15) is 5.82 Å². The molecule has 0 saturated heterocycles. The topological polar surface area (TPSA) is 47.3 Å². The number of nitrogens with one attached hydrogen (secondary N) is 1. The molecule has 0 heterocycles. The Labute approximate surface area is 101 Å². The molecule has 1 aromatic rings. The number of anilines is 2. The number of nitrogens with two attached hydrogens (primary N) is 1. The first-order chi connectivity index (χ1) is 8.25. The molecule has 0 aromatic heterocycles. The summed E-state index contributed by atoms with van der Waals surface area (Å²) in [5.74, 6) is 0.501. The summed E-state index contributed by atoms with van der Waals surface area (Å²) in [6.45, 7) is 2.34. The summed E-state index contributed by atoms with van der Waals surface area (Å²) >= 11 is 0. The van der Waals surface area contributed by atoms with Crippen LogP contribution in [-0.2, 0) is 4.74 Å². The van der Waals surface area contributed by atoms with E-state index in [1.54, 1.807) is 12.1 Å². The van der Waals surface area contributed by atoms with Crippen molar-refractivity contribution in [2.75, 3.05) is 30.8 Å². The molecule has 0 atom stereocenters. The van der Waals surface area contributed by atoms with Gasteiger partial charge in [0.25, 0.3) is 0 Å². The van der Waals surface area contributed by atoms with E-state index in [1.165, 1.54) is 18.9 Å². The molecule has 3 N–H and O–H groups in total. The van der Waals surface area contributed by atoms with Crippen molar-refractivity contribution < 1.29 is 9.13 Å². The van der Waals surface area contributed by atoms with Crippen molar-refractivity contribution in [3.8, 4) is 0 Å². The van der Waals surface area contributed by atoms with Crippen LogP contribution < -0.4 is 11.1 Å². The molecule has 0 radical (unpaired) electrons. The second-order valence-corrected chi connectivity index (χ2v) is 4.54. The molecule has 1 aromatic carbocycles. The van der Waals surface area contributed by atoms with Gasteiger partial charge in [0.2, 0.25) is 0 Å². The number of benzene rings is 1. The molecule has 0 bridgehead atoms. The fraction of sp³-hybridized carbons (Fsp3) is 0.538. The molecular weight excluding hydrogens is 219 g/mol. The first-order valence-electron chi connectivity index (χ1n) is 6.12. The summed E-state index contributed by atoms with van der Waals surface area (Å²) in [6.07, 6.45) is 3.51. The number of halogens is 1. The van der Waals surface area contributed by atoms with Crippen LogP contribution in [-0.4, -0.2) is 19.8 Å². The molecular formula is C13H19FN2O. The summed E-state index contributed by atoms with van der Waals surface area (Å²) in [7, 11) is 0. The minimum atomic E-state index is -0.302. The maximum absolute atomic E-state index is 13.4. The fourth-order valence-electron chi connectivity index (χ4n) is 1.61. The molecule has 1 fully saturated rings. The van der Waals surface area contributed by atoms with Gasteiger partial charge in [0, 0.05) is 25.4 Å². The van der Waals surface area contributed by atoms with Crippen LogP contribution in [0, 0.1) is 11.7 Å². The highest BCUT2D eigenvalue weighted by atomic mass is 19.1. The Balaban J connectivity index is 1.60. The van der Waals surface area contributed by atoms with Gasteiger partial charge in [-0.15, -0.1) is 0 Å². The van der Waals surface area contributed by atoms with Gasteiger partial charge < -0.3 is 15.8 Å². The number of hydrogen-bond acceptors (Lipinski definition) is 3. The summed E-state index contributed by atoms with van der Waals surface area (Å²) in [5.41, 5.74) is 6.41. The quantitative estimate of drug-likeness (QED) is 0.567. The van der Waals surface area contributed by atoms with Gasteiger partial charge in [0.05, 0.1) is 5.69 Å². The Kier molecular flexibility index (Phi) is 4.20. The lowest BCUT2D eigenvalue weighted by molar-refractivity contribution is 0.124. The maximum atomic E-state index is 13.4. The van der Waals surface area contributed by atoms with Crippen molar-refractivity contribution in [2.45, 2.75) is 19.3 Å². The Morgan fingerprint density at radius 1 is 1.41 bits per heavy atom. The highest BCUT2D eigenvalue weighted by molar-refractivity contribution is 5.52. The first kappa shape index (κ1) is 12.2. The van der Waals surface area contributed by atoms with E-state index in [0.29, 0.717) is 17.9 Å². The molecule has 4 heteroatoms. The predicted octanol–water partition coefficient (Wildman–Crippen LogP) is 2.64. The van der Waals surface area contributed by atoms with Crippen LogP contribution in [0.4, 0.5) is 15.8 Å². The van der Waals surface area contributed by atoms with E-state index in [1.807, 2.05) is 0 Å². The standard InChI is InChI=1S/C13H19FN2O/c14-12-8-11(15)4-5-13(12)16-6-1-7-17-9-10-2-3-10/h4-5,8,10,16H,1-3,6-7,9,15H2. The number of rotatable bonds is 7. The second-order valence-electron chi connectivity index (χ2n) is 4.54. The lowest BCUT2D eigenvalue weighted by Gasteiger charge is -2.08. The zero-order valence-electron chi connectivity index (χ0n) is 9.92. The van der Waals surface area contributed by atoms with Gasteiger partial charge in [0.15, 0.2) is 0 Å². The Hall–Kier alpha value is -1.29. The van der Waals surface area contributed by atoms with Crippen LogP contribution in [0.3, 0.4) is 0 Å². The molecule has 0 spiro atoms. The molecule has 1 aliphatic rings. The zero-order valence-corrected chi connectivity index (χ0v) is 9.92. The number of ether oxygens (including phenoxy) is 1. The van der Waals surface area contributed by atoms with Crippen LogP contribution in [0.1, 0.15) is 19.3 Å². The highest BCUT2D eigenvalue weighted by Gasteiger charge is 2.20. The van der Waals surface area contributed by atoms with Crippen molar-refractivity contribution in [1.82, 2.24) is 0 Å². The zero-order chi connectivity index (χ0) is 12.1. The summed E-state index contributed by atoms with van der Waals surface area (Å²) in [4.78, 5) is 0. The van der Waals surface area contributed by atoms with E-state index in [4.69, 9.17) is 10.5 Å². The number of nitrogen functional groups attached to an aromatic ring is 1. The Morgan fingerprint density at radius 2 is 2.24 bits per heavy atom. The van der Waals surface area contributed by atoms with E-state index in [9.17, 15) is 4.39 Å². The van der Waals surface area contributed by atoms with E-state index in [0.717, 1.165) is 25.6 Å². The van der Waals surface area contributed by atoms with Gasteiger partial charge in [-0.2, -0.15) is 0 Å². The smallest absolute Gasteiger partial charge is 0.148 e. The van der Waals surface area contributed by atoms with Crippen LogP contribution in [0.2, 0.25) is 0 Å². The SMILES string of the molecule is Nc1ccc(NCCCOCC2CC2)c(F)c1. The van der Waals surface area contributed by atoms with Crippen LogP contribution >= 0.6 is 0 Å². The molecule has 1 saturated carbocycles. The normalized spacial score (nSPS) is 14.9. The Morgan fingerprint density at radius 3 is 2.94 bits per heavy atom. The van der Waals surface area contributed by atoms with E-state index < -0.39 is 0 Å². The van der Waals surface area contributed by atoms with Crippen molar-refractivity contribution in [3.63, 3.8) is 0 Å². The van der Waals surface area contributed by atoms with Gasteiger partial charge in [-0.05, 0) is 43.4 Å². The van der Waals surface area contributed by atoms with Crippen LogP contribution in [0.15, 0.2) is 18.2 Å². The van der Waals surface area contributed by atoms with E-state index >= 15 is 0 Å². The Bertz CT molecular complexity index is 366. The van der Waals surface area contributed by atoms with Crippen molar-refractivity contribution in [3.05, 3.63) is 24.0 Å². The molecule has 0 amide bonds. The second kappa shape index (κ2) is 5.87. The summed E-state index contributed by atoms with van der Waals surface area (Å²) in [5, 5.41) is 3.03. The average molecular weight is 238 g/mol. The monoisotopic (exact) mass is 238 g/mol. The van der Waals surface area contributed by atoms with Crippen molar-refractivity contribution >= 4 is 11.4 Å². The summed E-state index contributed by atoms with van der Waals surface area (Å²) in [6, 6.07) is 4.68. The predicted molar refractivity (Wildman–Crippen MR) is 67.5 cm³/mol. The van der Waals surface area contributed by atoms with Gasteiger partial charge in [-0.3, -0.25) is 0 Å². The minimum absolute atomic E-state index is 0.302. The average Bonchev–Trinajstić information content (AvgIpc) is 3.09. The van der Waals surface area contributed by atoms with Crippen molar-refractivity contribution in [1.29, 1.82) is 0 Å². The largest absolute Gasteiger partial charge is 0.399 e. The third-order valence-corrected chi connectivity index (χ3v) is 2.82. The van der Waals surface area contributed by atoms with Gasteiger partial charge in [-0.25, -0.2) is 4.39 Å². The number of hydrogen-bond donors (Lipinski definition) is 2. The van der Waals surface area contributed by atoms with Gasteiger partial charge in [-0.1, -0.05) is 0 Å². The van der Waals surface area contributed by atoms with Crippen molar-refractivity contribution in [2.24, 2.45) is 5.92 Å². The molecule has 1 aliphatic carbocycles. The fourth-order valence-corrected chi connectivity index (χ4v) is 1.61. The van der Waals surface area contributed by atoms with Crippen LogP contribution in [0.25, 0.3) is 0 Å². The lowest BCUT2D eigenvalue weighted by Crippen LogP contribution is -2.08. The summed E-state index contributed by atoms with van der Waals surface area (Å²) < 4.78 is 18.9. The van der Waals surface area contributed by atoms with Crippen LogP contribution in [0.5, 0.6) is 0 Å². The highest BCUT2D eigenvalue weighted by Crippen LogP contribution is 2.28. The molecule has 2 rings (SSSR count). The molecule has 0 aliphatic heterocycles. The third-order valence-electron chi connectivity index (χ3n) is 2.82. The van der Waals surface area contributed by atoms with Gasteiger partial charge >= 0.3 is 0 Å². The minimum Gasteiger partial charge on any atom is -0.399 e. The molecule has 94 valence electrons. The first-order valence-corrected chi connectivity index (χ1v) is 6.12. The third kappa shape index (κ3) is 4.23. The van der Waals surface area contributed by atoms with E-state index in [-0.39, 0.29) is 5.82 Å². The van der Waals surface area contributed by atoms with E-state index in [2.05, 4.69) is 5.32 Å². The maximum Gasteiger partial charge on any atom is 0.148 e. The molecule has 17 heavy (non-hydrogen) atoms. The molecule has 3 nitrogen and oxygen atoms in total.